The molecular weight excluding hydrogens is 446 g/mol. The number of carbonyl (C=O) groups is 3. The third-order valence-corrected chi connectivity index (χ3v) is 5.28. The molecule has 2 aliphatic rings. The first-order valence-electron chi connectivity index (χ1n) is 9.86. The number of hydrogen-bond donors (Lipinski definition) is 4. The Kier molecular flexibility index (Phi) is 7.18. The van der Waals surface area contributed by atoms with E-state index >= 15 is 0 Å². The molecule has 0 saturated carbocycles. The molecule has 2 bridgehead atoms. The summed E-state index contributed by atoms with van der Waals surface area (Å²) in [5, 5.41) is 0.544. The van der Waals surface area contributed by atoms with Crippen LogP contribution in [0, 0.1) is 0 Å². The molecule has 13 nitrogen and oxygen atoms in total. The Morgan fingerprint density at radius 3 is 2.56 bits per heavy atom. The number of nitrogens with zero attached hydrogens (tertiary/aromatic N) is 2. The molecule has 4 amide bonds. The summed E-state index contributed by atoms with van der Waals surface area (Å²) in [5.74, 6) is -0.475. The predicted molar refractivity (Wildman–Crippen MR) is 109 cm³/mol. The number of hydrogen-bond acceptors (Lipinski definition) is 8. The molecule has 0 aromatic heterocycles. The van der Waals surface area contributed by atoms with Crippen LogP contribution in [0.2, 0.25) is 0 Å². The van der Waals surface area contributed by atoms with Gasteiger partial charge < -0.3 is 15.4 Å². The van der Waals surface area contributed by atoms with E-state index in [0.29, 0.717) is 23.0 Å². The number of amides is 4. The number of benzene rings is 1. The maximum absolute atomic E-state index is 12.5. The molecule has 5 N–H and O–H groups in total. The van der Waals surface area contributed by atoms with E-state index in [4.69, 9.17) is 15.0 Å². The molecule has 0 radical (unpaired) electrons. The van der Waals surface area contributed by atoms with Crippen molar-refractivity contribution in [2.24, 2.45) is 5.73 Å². The lowest BCUT2D eigenvalue weighted by molar-refractivity contribution is -0.131. The van der Waals surface area contributed by atoms with Gasteiger partial charge in [-0.1, -0.05) is 12.1 Å². The summed E-state index contributed by atoms with van der Waals surface area (Å²) in [6.45, 7) is 2.24. The Morgan fingerprint density at radius 1 is 1.25 bits per heavy atom. The SMILES string of the molecule is C[C@H](N)COc1ccc(CC(=O)NNC(=O)[C@@H]2CC[C@@H]3CN2C(=O)N3OS(=O)(=O)O)cc1. The molecule has 0 unspecified atom stereocenters. The fourth-order valence-electron chi connectivity index (χ4n) is 3.48. The molecule has 2 fully saturated rings. The fourth-order valence-corrected chi connectivity index (χ4v) is 3.87. The second-order valence-corrected chi connectivity index (χ2v) is 8.66. The molecule has 2 aliphatic heterocycles. The van der Waals surface area contributed by atoms with Crippen LogP contribution in [0.4, 0.5) is 4.79 Å². The first kappa shape index (κ1) is 23.7. The summed E-state index contributed by atoms with van der Waals surface area (Å²) in [5.41, 5.74) is 10.9. The van der Waals surface area contributed by atoms with Crippen molar-refractivity contribution in [3.63, 3.8) is 0 Å². The van der Waals surface area contributed by atoms with Gasteiger partial charge in [0, 0.05) is 12.6 Å². The lowest BCUT2D eigenvalue weighted by atomic mass is 10.0. The Balaban J connectivity index is 1.48. The summed E-state index contributed by atoms with van der Waals surface area (Å²) < 4.78 is 40.4. The highest BCUT2D eigenvalue weighted by Crippen LogP contribution is 2.30. The van der Waals surface area contributed by atoms with Crippen LogP contribution in [0.15, 0.2) is 24.3 Å². The molecule has 32 heavy (non-hydrogen) atoms. The molecule has 0 aliphatic carbocycles. The number of hydroxylamine groups is 2. The number of piperidine rings is 1. The van der Waals surface area contributed by atoms with Crippen LogP contribution < -0.4 is 21.3 Å². The van der Waals surface area contributed by atoms with E-state index < -0.39 is 40.3 Å². The van der Waals surface area contributed by atoms with Crippen LogP contribution in [0.25, 0.3) is 0 Å². The van der Waals surface area contributed by atoms with Crippen LogP contribution in [0.5, 0.6) is 5.75 Å². The van der Waals surface area contributed by atoms with Crippen LogP contribution >= 0.6 is 0 Å². The molecule has 3 rings (SSSR count). The van der Waals surface area contributed by atoms with Gasteiger partial charge in [-0.15, -0.1) is 4.28 Å². The fraction of sp³-hybridized carbons (Fsp3) is 0.500. The molecule has 1 aromatic carbocycles. The Morgan fingerprint density at radius 2 is 1.94 bits per heavy atom. The molecule has 3 atom stereocenters. The third-order valence-electron chi connectivity index (χ3n) is 4.93. The van der Waals surface area contributed by atoms with Gasteiger partial charge in [-0.25, -0.2) is 4.79 Å². The van der Waals surface area contributed by atoms with E-state index in [1.54, 1.807) is 24.3 Å². The minimum Gasteiger partial charge on any atom is -0.492 e. The Bertz CT molecular complexity index is 968. The Labute approximate surface area is 184 Å². The number of fused-ring (bicyclic) bond motifs is 2. The average Bonchev–Trinajstić information content (AvgIpc) is 2.95. The smallest absolute Gasteiger partial charge is 0.418 e. The van der Waals surface area contributed by atoms with Gasteiger partial charge in [0.05, 0.1) is 12.5 Å². The first-order valence-corrected chi connectivity index (χ1v) is 11.2. The number of nitrogens with two attached hydrogens (primary N) is 1. The number of hydrazine groups is 1. The molecule has 2 saturated heterocycles. The van der Waals surface area contributed by atoms with E-state index in [1.165, 1.54) is 0 Å². The first-order chi connectivity index (χ1) is 15.0. The van der Waals surface area contributed by atoms with Gasteiger partial charge in [0.2, 0.25) is 5.91 Å². The highest BCUT2D eigenvalue weighted by Gasteiger charge is 2.49. The van der Waals surface area contributed by atoms with Gasteiger partial charge in [-0.3, -0.25) is 25.0 Å². The van der Waals surface area contributed by atoms with Crippen LogP contribution in [-0.2, 0) is 30.7 Å². The zero-order chi connectivity index (χ0) is 23.5. The minimum absolute atomic E-state index is 0.000779. The van der Waals surface area contributed by atoms with Crippen LogP contribution in [0.3, 0.4) is 0 Å². The monoisotopic (exact) mass is 471 g/mol. The summed E-state index contributed by atoms with van der Waals surface area (Å²) in [6.07, 6.45) is 0.507. The van der Waals surface area contributed by atoms with E-state index in [2.05, 4.69) is 15.1 Å². The average molecular weight is 471 g/mol. The van der Waals surface area contributed by atoms with Crippen molar-refractivity contribution >= 4 is 28.2 Å². The number of nitrogens with one attached hydrogen (secondary N) is 2. The third kappa shape index (κ3) is 6.06. The van der Waals surface area contributed by atoms with Gasteiger partial charge in [0.1, 0.15) is 18.4 Å². The quantitative estimate of drug-likeness (QED) is 0.276. The summed E-state index contributed by atoms with van der Waals surface area (Å²) in [7, 11) is -4.87. The van der Waals surface area contributed by atoms with E-state index in [-0.39, 0.29) is 31.8 Å². The van der Waals surface area contributed by atoms with Gasteiger partial charge in [-0.2, -0.15) is 13.5 Å². The minimum atomic E-state index is -4.87. The van der Waals surface area contributed by atoms with Crippen molar-refractivity contribution < 1.29 is 36.4 Å². The topological polar surface area (TPSA) is 181 Å². The molecule has 176 valence electrons. The number of rotatable bonds is 8. The van der Waals surface area contributed by atoms with E-state index in [9.17, 15) is 22.8 Å². The van der Waals surface area contributed by atoms with Crippen LogP contribution in [-0.4, -0.2) is 72.1 Å². The standard InChI is InChI=1S/C18H25N5O8S/c1-11(19)10-30-14-5-2-12(3-6-14)8-16(24)20-21-17(25)15-7-4-13-9-22(15)18(26)23(13)31-32(27,28)29/h2-3,5-6,11,13,15H,4,7-10,19H2,1H3,(H,20,24)(H,21,25)(H,27,28,29)/t11-,13+,15-/m0/s1. The summed E-state index contributed by atoms with van der Waals surface area (Å²) in [4.78, 5) is 38.1. The number of ether oxygens (including phenoxy) is 1. The van der Waals surface area contributed by atoms with Crippen molar-refractivity contribution in [1.29, 1.82) is 0 Å². The molecule has 1 aromatic rings. The van der Waals surface area contributed by atoms with Crippen molar-refractivity contribution in [1.82, 2.24) is 20.8 Å². The normalized spacial score (nSPS) is 21.3. The zero-order valence-electron chi connectivity index (χ0n) is 17.3. The van der Waals surface area contributed by atoms with E-state index in [1.807, 2.05) is 6.92 Å². The summed E-state index contributed by atoms with van der Waals surface area (Å²) >= 11 is 0. The van der Waals surface area contributed by atoms with Crippen molar-refractivity contribution in [2.75, 3.05) is 13.2 Å². The van der Waals surface area contributed by atoms with Crippen LogP contribution in [0.1, 0.15) is 25.3 Å². The Hall–Kier alpha value is -2.94. The molecule has 14 heteroatoms. The lowest BCUT2D eigenvalue weighted by Gasteiger charge is -2.29. The number of urea groups is 1. The maximum Gasteiger partial charge on any atom is 0.418 e. The van der Waals surface area contributed by atoms with Crippen molar-refractivity contribution in [2.45, 2.75) is 44.3 Å². The van der Waals surface area contributed by atoms with Crippen molar-refractivity contribution in [3.8, 4) is 5.75 Å². The highest BCUT2D eigenvalue weighted by atomic mass is 32.3. The van der Waals surface area contributed by atoms with Gasteiger partial charge in [0.25, 0.3) is 5.91 Å². The summed E-state index contributed by atoms with van der Waals surface area (Å²) in [6, 6.07) is 4.36. The highest BCUT2D eigenvalue weighted by molar-refractivity contribution is 7.80. The lowest BCUT2D eigenvalue weighted by Crippen LogP contribution is -2.54. The van der Waals surface area contributed by atoms with Crippen molar-refractivity contribution in [3.05, 3.63) is 29.8 Å². The van der Waals surface area contributed by atoms with Gasteiger partial charge in [-0.05, 0) is 37.5 Å². The molecule has 2 heterocycles. The number of carbonyl (C=O) groups excluding carboxylic acids is 3. The molecular formula is C18H25N5O8S. The predicted octanol–water partition coefficient (Wildman–Crippen LogP) is -0.894. The largest absolute Gasteiger partial charge is 0.492 e. The zero-order valence-corrected chi connectivity index (χ0v) is 18.1. The second kappa shape index (κ2) is 9.68. The van der Waals surface area contributed by atoms with Gasteiger partial charge in [0.15, 0.2) is 0 Å². The maximum atomic E-state index is 12.5. The molecule has 0 spiro atoms. The van der Waals surface area contributed by atoms with E-state index in [0.717, 1.165) is 4.90 Å². The second-order valence-electron chi connectivity index (χ2n) is 7.66. The van der Waals surface area contributed by atoms with Gasteiger partial charge >= 0.3 is 16.4 Å².